The van der Waals surface area contributed by atoms with Gasteiger partial charge in [-0.2, -0.15) is 0 Å². The van der Waals surface area contributed by atoms with Crippen molar-refractivity contribution in [2.45, 2.75) is 37.5 Å². The van der Waals surface area contributed by atoms with Gasteiger partial charge < -0.3 is 5.43 Å². The van der Waals surface area contributed by atoms with Crippen LogP contribution in [0.25, 0.3) is 0 Å². The molecule has 0 fully saturated rings. The predicted molar refractivity (Wildman–Crippen MR) is 79.1 cm³/mol. The van der Waals surface area contributed by atoms with Gasteiger partial charge in [0.1, 0.15) is 4.90 Å². The number of nitrogens with zero attached hydrogens (tertiary/aromatic N) is 1. The van der Waals surface area contributed by atoms with E-state index in [2.05, 4.69) is 38.0 Å². The van der Waals surface area contributed by atoms with E-state index in [1.54, 1.807) is 0 Å². The third kappa shape index (κ3) is 5.06. The summed E-state index contributed by atoms with van der Waals surface area (Å²) < 4.78 is 27.4. The molecule has 6 nitrogen and oxygen atoms in total. The molecule has 19 heavy (non-hydrogen) atoms. The van der Waals surface area contributed by atoms with Gasteiger partial charge in [-0.1, -0.05) is 26.2 Å². The fourth-order valence-corrected chi connectivity index (χ4v) is 3.27. The second-order valence-electron chi connectivity index (χ2n) is 4.10. The number of rotatable bonds is 8. The lowest BCUT2D eigenvalue weighted by Gasteiger charge is -2.10. The highest BCUT2D eigenvalue weighted by Crippen LogP contribution is 2.21. The van der Waals surface area contributed by atoms with Gasteiger partial charge in [0, 0.05) is 17.2 Å². The highest BCUT2D eigenvalue weighted by atomic mass is 79.9. The summed E-state index contributed by atoms with van der Waals surface area (Å²) in [4.78, 5) is 3.96. The minimum atomic E-state index is -3.60. The average Bonchev–Trinajstić information content (AvgIpc) is 2.38. The molecule has 108 valence electrons. The van der Waals surface area contributed by atoms with Crippen LogP contribution in [0.2, 0.25) is 0 Å². The van der Waals surface area contributed by atoms with Gasteiger partial charge in [0.2, 0.25) is 10.0 Å². The van der Waals surface area contributed by atoms with Gasteiger partial charge in [-0.25, -0.2) is 24.0 Å². The van der Waals surface area contributed by atoms with Crippen LogP contribution in [0, 0.1) is 0 Å². The highest BCUT2D eigenvalue weighted by Gasteiger charge is 2.19. The minimum absolute atomic E-state index is 0.0415. The summed E-state index contributed by atoms with van der Waals surface area (Å²) in [5.74, 6) is 5.40. The van der Waals surface area contributed by atoms with E-state index < -0.39 is 10.0 Å². The maximum absolute atomic E-state index is 12.1. The fraction of sp³-hybridized carbons (Fsp3) is 0.545. The second-order valence-corrected chi connectivity index (χ2v) is 6.75. The van der Waals surface area contributed by atoms with Crippen molar-refractivity contribution in [1.29, 1.82) is 0 Å². The number of nitrogen functional groups attached to an aromatic ring is 1. The molecule has 4 N–H and O–H groups in total. The quantitative estimate of drug-likeness (QED) is 0.378. The first kappa shape index (κ1) is 16.4. The maximum atomic E-state index is 12.1. The van der Waals surface area contributed by atoms with Crippen molar-refractivity contribution in [2.24, 2.45) is 5.84 Å². The van der Waals surface area contributed by atoms with Gasteiger partial charge in [0.25, 0.3) is 0 Å². The Balaban J connectivity index is 2.74. The molecular weight excluding hydrogens is 332 g/mol. The maximum Gasteiger partial charge on any atom is 0.244 e. The van der Waals surface area contributed by atoms with Gasteiger partial charge in [0.05, 0.1) is 0 Å². The van der Waals surface area contributed by atoms with Crippen LogP contribution in [-0.2, 0) is 10.0 Å². The Hall–Kier alpha value is -0.700. The number of hydrazine groups is 1. The van der Waals surface area contributed by atoms with Gasteiger partial charge in [0.15, 0.2) is 5.82 Å². The van der Waals surface area contributed by atoms with E-state index in [1.165, 1.54) is 12.3 Å². The van der Waals surface area contributed by atoms with Crippen LogP contribution >= 0.6 is 15.9 Å². The number of sulfonamides is 1. The molecule has 0 atom stereocenters. The summed E-state index contributed by atoms with van der Waals surface area (Å²) in [5.41, 5.74) is 2.29. The lowest BCUT2D eigenvalue weighted by molar-refractivity contribution is 0.573. The number of nitrogens with two attached hydrogens (primary N) is 1. The molecule has 0 unspecified atom stereocenters. The molecule has 0 aliphatic heterocycles. The normalized spacial score (nSPS) is 11.5. The van der Waals surface area contributed by atoms with Crippen molar-refractivity contribution in [1.82, 2.24) is 9.71 Å². The second kappa shape index (κ2) is 7.78. The van der Waals surface area contributed by atoms with Gasteiger partial charge in [-0.3, -0.25) is 0 Å². The first-order valence-electron chi connectivity index (χ1n) is 6.13. The van der Waals surface area contributed by atoms with Crippen LogP contribution in [-0.4, -0.2) is 19.9 Å². The van der Waals surface area contributed by atoms with E-state index in [4.69, 9.17) is 5.84 Å². The van der Waals surface area contributed by atoms with Crippen LogP contribution in [0.15, 0.2) is 21.6 Å². The zero-order valence-electron chi connectivity index (χ0n) is 10.8. The SMILES string of the molecule is CCCCCCNS(=O)(=O)c1cc(Br)cnc1NN. The van der Waals surface area contributed by atoms with Crippen molar-refractivity contribution in [3.8, 4) is 0 Å². The molecule has 1 aromatic rings. The Labute approximate surface area is 122 Å². The Bertz CT molecular complexity index is 507. The summed E-state index contributed by atoms with van der Waals surface area (Å²) in [6.45, 7) is 2.52. The third-order valence-electron chi connectivity index (χ3n) is 2.57. The first-order chi connectivity index (χ1) is 9.01. The zero-order valence-corrected chi connectivity index (χ0v) is 13.2. The summed E-state index contributed by atoms with van der Waals surface area (Å²) >= 11 is 3.20. The molecule has 8 heteroatoms. The number of aromatic nitrogens is 1. The number of pyridine rings is 1. The largest absolute Gasteiger partial charge is 0.307 e. The lowest BCUT2D eigenvalue weighted by Crippen LogP contribution is -2.26. The third-order valence-corrected chi connectivity index (χ3v) is 4.48. The number of halogens is 1. The van der Waals surface area contributed by atoms with Gasteiger partial charge in [-0.15, -0.1) is 0 Å². The Morgan fingerprint density at radius 1 is 1.37 bits per heavy atom. The zero-order chi connectivity index (χ0) is 14.3. The van der Waals surface area contributed by atoms with E-state index in [9.17, 15) is 8.42 Å². The monoisotopic (exact) mass is 350 g/mol. The summed E-state index contributed by atoms with van der Waals surface area (Å²) in [6, 6.07) is 1.47. The molecule has 1 aromatic heterocycles. The van der Waals surface area contributed by atoms with Crippen LogP contribution in [0.3, 0.4) is 0 Å². The molecule has 1 rings (SSSR count). The van der Waals surface area contributed by atoms with Gasteiger partial charge >= 0.3 is 0 Å². The van der Waals surface area contributed by atoms with Crippen LogP contribution in [0.1, 0.15) is 32.6 Å². The lowest BCUT2D eigenvalue weighted by atomic mass is 10.2. The minimum Gasteiger partial charge on any atom is -0.307 e. The molecule has 1 heterocycles. The number of nitrogens with one attached hydrogen (secondary N) is 2. The molecule has 0 bridgehead atoms. The van der Waals surface area contributed by atoms with Crippen molar-refractivity contribution in [3.63, 3.8) is 0 Å². The van der Waals surface area contributed by atoms with E-state index in [0.717, 1.165) is 25.7 Å². The van der Waals surface area contributed by atoms with Crippen molar-refractivity contribution in [3.05, 3.63) is 16.7 Å². The van der Waals surface area contributed by atoms with E-state index >= 15 is 0 Å². The van der Waals surface area contributed by atoms with Crippen molar-refractivity contribution >= 4 is 31.8 Å². The van der Waals surface area contributed by atoms with Gasteiger partial charge in [-0.05, 0) is 28.4 Å². The topological polar surface area (TPSA) is 97.1 Å². The average molecular weight is 351 g/mol. The Morgan fingerprint density at radius 3 is 2.74 bits per heavy atom. The van der Waals surface area contributed by atoms with Crippen LogP contribution < -0.4 is 16.0 Å². The number of hydrogen-bond acceptors (Lipinski definition) is 5. The molecule has 0 saturated heterocycles. The number of unbranched alkanes of at least 4 members (excludes halogenated alkanes) is 3. The summed E-state index contributed by atoms with van der Waals surface area (Å²) in [7, 11) is -3.60. The Kier molecular flexibility index (Phi) is 6.70. The molecule has 0 spiro atoms. The molecule has 0 aliphatic rings. The first-order valence-corrected chi connectivity index (χ1v) is 8.40. The molecule has 0 aliphatic carbocycles. The fourth-order valence-electron chi connectivity index (χ4n) is 1.57. The van der Waals surface area contributed by atoms with E-state index in [-0.39, 0.29) is 10.7 Å². The van der Waals surface area contributed by atoms with Crippen molar-refractivity contribution < 1.29 is 8.42 Å². The van der Waals surface area contributed by atoms with Crippen LogP contribution in [0.4, 0.5) is 5.82 Å². The highest BCUT2D eigenvalue weighted by molar-refractivity contribution is 9.10. The van der Waals surface area contributed by atoms with Crippen molar-refractivity contribution in [2.75, 3.05) is 12.0 Å². The Morgan fingerprint density at radius 2 is 2.11 bits per heavy atom. The smallest absolute Gasteiger partial charge is 0.244 e. The predicted octanol–water partition coefficient (Wildman–Crippen LogP) is 1.99. The van der Waals surface area contributed by atoms with Crippen LogP contribution in [0.5, 0.6) is 0 Å². The summed E-state index contributed by atoms with van der Waals surface area (Å²) in [6.07, 6.45) is 5.53. The van der Waals surface area contributed by atoms with E-state index in [0.29, 0.717) is 11.0 Å². The molecule has 0 saturated carbocycles. The molecule has 0 radical (unpaired) electrons. The molecular formula is C11H19BrN4O2S. The standard InChI is InChI=1S/C11H19BrN4O2S/c1-2-3-4-5-6-15-19(17,18)10-7-9(12)8-14-11(10)16-13/h7-8,15H,2-6,13H2,1H3,(H,14,16). The molecule has 0 amide bonds. The van der Waals surface area contributed by atoms with E-state index in [1.807, 2.05) is 0 Å². The molecule has 0 aromatic carbocycles. The number of hydrogen-bond donors (Lipinski definition) is 3. The number of anilines is 1. The summed E-state index contributed by atoms with van der Waals surface area (Å²) in [5, 5.41) is 0.